The molecular weight excluding hydrogens is 246 g/mol. The van der Waals surface area contributed by atoms with Crippen molar-refractivity contribution in [3.8, 4) is 0 Å². The highest BCUT2D eigenvalue weighted by atomic mass is 35.5. The molecule has 0 amide bonds. The van der Waals surface area contributed by atoms with Gasteiger partial charge in [0.2, 0.25) is 0 Å². The first-order valence-corrected chi connectivity index (χ1v) is 6.57. The normalized spacial score (nSPS) is 29.7. The molecule has 2 nitrogen and oxygen atoms in total. The maximum Gasteiger partial charge on any atom is 0.167 e. The van der Waals surface area contributed by atoms with Crippen molar-refractivity contribution in [2.75, 3.05) is 19.6 Å². The molecule has 18 heavy (non-hydrogen) atoms. The number of hydrogen-bond donors (Lipinski definition) is 0. The maximum absolute atomic E-state index is 12.5. The number of aryl methyl sites for hydroxylation is 1. The number of benzene rings is 1. The second kappa shape index (κ2) is 5.41. The molecule has 3 saturated heterocycles. The fourth-order valence-corrected chi connectivity index (χ4v) is 3.19. The van der Waals surface area contributed by atoms with Crippen LogP contribution in [-0.4, -0.2) is 30.3 Å². The molecule has 1 aromatic carbocycles. The summed E-state index contributed by atoms with van der Waals surface area (Å²) in [6.07, 6.45) is 2.42. The van der Waals surface area contributed by atoms with Crippen molar-refractivity contribution in [1.29, 1.82) is 0 Å². The van der Waals surface area contributed by atoms with E-state index in [4.69, 9.17) is 0 Å². The van der Waals surface area contributed by atoms with E-state index in [1.165, 1.54) is 31.5 Å². The summed E-state index contributed by atoms with van der Waals surface area (Å²) >= 11 is 0. The van der Waals surface area contributed by atoms with Crippen LogP contribution < -0.4 is 12.4 Å². The zero-order chi connectivity index (χ0) is 11.8. The third-order valence-electron chi connectivity index (χ3n) is 4.33. The van der Waals surface area contributed by atoms with E-state index in [2.05, 4.69) is 11.8 Å². The van der Waals surface area contributed by atoms with E-state index in [0.717, 1.165) is 12.1 Å². The van der Waals surface area contributed by atoms with E-state index < -0.39 is 0 Å². The highest BCUT2D eigenvalue weighted by Crippen LogP contribution is 2.34. The van der Waals surface area contributed by atoms with Crippen LogP contribution in [0.1, 0.15) is 28.8 Å². The molecule has 2 bridgehead atoms. The Morgan fingerprint density at radius 2 is 1.78 bits per heavy atom. The summed E-state index contributed by atoms with van der Waals surface area (Å²) in [6, 6.07) is 8.04. The van der Waals surface area contributed by atoms with Crippen LogP contribution >= 0.6 is 0 Å². The molecule has 3 heteroatoms. The van der Waals surface area contributed by atoms with Gasteiger partial charge < -0.3 is 17.3 Å². The molecule has 3 aliphatic rings. The van der Waals surface area contributed by atoms with E-state index in [1.54, 1.807) is 0 Å². The fourth-order valence-electron chi connectivity index (χ4n) is 3.19. The molecule has 98 valence electrons. The van der Waals surface area contributed by atoms with Gasteiger partial charge in [-0.05, 0) is 38.8 Å². The number of carbonyl (C=O) groups excluding carboxylic acids is 1. The van der Waals surface area contributed by atoms with Gasteiger partial charge >= 0.3 is 0 Å². The summed E-state index contributed by atoms with van der Waals surface area (Å²) in [5.41, 5.74) is 2.12. The lowest BCUT2D eigenvalue weighted by molar-refractivity contribution is -0.0000151. The van der Waals surface area contributed by atoms with Crippen LogP contribution in [-0.2, 0) is 0 Å². The molecule has 1 aromatic rings. The molecule has 1 unspecified atom stereocenters. The van der Waals surface area contributed by atoms with Crippen LogP contribution in [0.4, 0.5) is 0 Å². The third-order valence-corrected chi connectivity index (χ3v) is 4.33. The molecule has 0 N–H and O–H groups in total. The van der Waals surface area contributed by atoms with E-state index in [0.29, 0.717) is 11.7 Å². The number of ketones is 1. The van der Waals surface area contributed by atoms with Gasteiger partial charge in [-0.15, -0.1) is 0 Å². The van der Waals surface area contributed by atoms with E-state index in [9.17, 15) is 4.79 Å². The van der Waals surface area contributed by atoms with Gasteiger partial charge in [0.25, 0.3) is 0 Å². The number of nitrogens with zero attached hydrogens (tertiary/aromatic N) is 1. The minimum Gasteiger partial charge on any atom is -1.00 e. The zero-order valence-corrected chi connectivity index (χ0v) is 11.5. The highest BCUT2D eigenvalue weighted by molar-refractivity contribution is 5.98. The largest absolute Gasteiger partial charge is 1.00 e. The Balaban J connectivity index is 0.00000120. The van der Waals surface area contributed by atoms with Crippen molar-refractivity contribution in [1.82, 2.24) is 4.90 Å². The Morgan fingerprint density at radius 1 is 1.17 bits per heavy atom. The SMILES string of the molecule is Cc1ccc(C(=O)C2CN3CCC2CC3)cc1.[Cl-]. The summed E-state index contributed by atoms with van der Waals surface area (Å²) in [7, 11) is 0. The first kappa shape index (κ1) is 13.6. The molecule has 3 aliphatic heterocycles. The highest BCUT2D eigenvalue weighted by Gasteiger charge is 2.38. The average molecular weight is 265 g/mol. The summed E-state index contributed by atoms with van der Waals surface area (Å²) in [5, 5.41) is 0. The molecule has 0 radical (unpaired) electrons. The van der Waals surface area contributed by atoms with Gasteiger partial charge in [0, 0.05) is 18.0 Å². The molecule has 0 aliphatic carbocycles. The molecule has 3 fully saturated rings. The Labute approximate surface area is 115 Å². The predicted molar refractivity (Wildman–Crippen MR) is 68.2 cm³/mol. The molecular formula is C15H19ClNO-. The van der Waals surface area contributed by atoms with Gasteiger partial charge in [0.1, 0.15) is 0 Å². The van der Waals surface area contributed by atoms with Gasteiger partial charge in [-0.1, -0.05) is 29.8 Å². The van der Waals surface area contributed by atoms with Crippen molar-refractivity contribution in [2.45, 2.75) is 19.8 Å². The monoisotopic (exact) mass is 264 g/mol. The minimum absolute atomic E-state index is 0. The molecule has 0 aromatic heterocycles. The summed E-state index contributed by atoms with van der Waals surface area (Å²) in [4.78, 5) is 14.9. The van der Waals surface area contributed by atoms with Gasteiger partial charge in [-0.3, -0.25) is 4.79 Å². The number of rotatable bonds is 2. The van der Waals surface area contributed by atoms with Gasteiger partial charge in [-0.2, -0.15) is 0 Å². The molecule has 3 heterocycles. The summed E-state index contributed by atoms with van der Waals surface area (Å²) in [6.45, 7) is 5.44. The van der Waals surface area contributed by atoms with Crippen LogP contribution in [0.15, 0.2) is 24.3 Å². The number of fused-ring (bicyclic) bond motifs is 3. The number of carbonyl (C=O) groups is 1. The lowest BCUT2D eigenvalue weighted by atomic mass is 9.75. The van der Waals surface area contributed by atoms with Gasteiger partial charge in [0.15, 0.2) is 5.78 Å². The first-order valence-electron chi connectivity index (χ1n) is 6.57. The summed E-state index contributed by atoms with van der Waals surface area (Å²) in [5.74, 6) is 1.24. The van der Waals surface area contributed by atoms with Crippen LogP contribution in [0, 0.1) is 18.8 Å². The van der Waals surface area contributed by atoms with Crippen LogP contribution in [0.3, 0.4) is 0 Å². The fraction of sp³-hybridized carbons (Fsp3) is 0.533. The maximum atomic E-state index is 12.5. The number of hydrogen-bond acceptors (Lipinski definition) is 2. The number of halogens is 1. The predicted octanol–water partition coefficient (Wildman–Crippen LogP) is -0.476. The summed E-state index contributed by atoms with van der Waals surface area (Å²) < 4.78 is 0. The first-order chi connectivity index (χ1) is 8.24. The third kappa shape index (κ3) is 2.45. The Hall–Kier alpha value is -0.860. The van der Waals surface area contributed by atoms with Crippen LogP contribution in [0.25, 0.3) is 0 Å². The number of piperidine rings is 3. The van der Waals surface area contributed by atoms with Crippen LogP contribution in [0.5, 0.6) is 0 Å². The van der Waals surface area contributed by atoms with Gasteiger partial charge in [-0.25, -0.2) is 0 Å². The Morgan fingerprint density at radius 3 is 2.28 bits per heavy atom. The van der Waals surface area contributed by atoms with E-state index in [1.807, 2.05) is 24.3 Å². The molecule has 4 rings (SSSR count). The topological polar surface area (TPSA) is 20.3 Å². The van der Waals surface area contributed by atoms with Crippen molar-refractivity contribution in [3.05, 3.63) is 35.4 Å². The van der Waals surface area contributed by atoms with E-state index >= 15 is 0 Å². The quantitative estimate of drug-likeness (QED) is 0.673. The van der Waals surface area contributed by atoms with Crippen molar-refractivity contribution in [3.63, 3.8) is 0 Å². The Kier molecular flexibility index (Phi) is 4.08. The molecule has 0 spiro atoms. The lowest BCUT2D eigenvalue weighted by Crippen LogP contribution is -3.00. The van der Waals surface area contributed by atoms with Crippen LogP contribution in [0.2, 0.25) is 0 Å². The van der Waals surface area contributed by atoms with E-state index in [-0.39, 0.29) is 18.3 Å². The number of Topliss-reactive ketones (excluding diaryl/α,β-unsaturated/α-hetero) is 1. The Bertz CT molecular complexity index is 421. The van der Waals surface area contributed by atoms with Gasteiger partial charge in [0.05, 0.1) is 0 Å². The zero-order valence-electron chi connectivity index (χ0n) is 10.7. The molecule has 1 atom stereocenters. The lowest BCUT2D eigenvalue weighted by Gasteiger charge is -2.44. The van der Waals surface area contributed by atoms with Crippen molar-refractivity contribution in [2.24, 2.45) is 11.8 Å². The van der Waals surface area contributed by atoms with Crippen molar-refractivity contribution >= 4 is 5.78 Å². The minimum atomic E-state index is 0. The smallest absolute Gasteiger partial charge is 0.167 e. The average Bonchev–Trinajstić information content (AvgIpc) is 2.40. The standard InChI is InChI=1S/C15H19NO.ClH/c1-11-2-4-13(5-3-11)15(17)14-10-16-8-6-12(14)7-9-16;/h2-5,12,14H,6-10H2,1H3;1H/p-1. The molecule has 0 saturated carbocycles. The second-order valence-electron chi connectivity index (χ2n) is 5.47. The second-order valence-corrected chi connectivity index (χ2v) is 5.47. The van der Waals surface area contributed by atoms with Crippen molar-refractivity contribution < 1.29 is 17.2 Å².